The molecule has 0 fully saturated rings. The van der Waals surface area contributed by atoms with Crippen molar-refractivity contribution in [2.45, 2.75) is 26.9 Å². The Morgan fingerprint density at radius 3 is 1.30 bits per heavy atom. The number of fused-ring (bicyclic) bond motifs is 1. The van der Waals surface area contributed by atoms with Crippen LogP contribution in [0.25, 0.3) is 33.3 Å². The van der Waals surface area contributed by atoms with Crippen molar-refractivity contribution in [2.24, 2.45) is 0 Å². The van der Waals surface area contributed by atoms with Crippen LogP contribution in [0.5, 0.6) is 0 Å². The topological polar surface area (TPSA) is 46.7 Å². The standard InChI is InChI=1S/C32H28N4O/c1-23-24(2)30(28-15-19-36(20-16-28)22-26-11-7-4-8-12-26)32-31(33-37-34-32)29(23)27-13-17-35(18-14-27)21-25-9-5-3-6-10-25/h3-20H,21-22H2,1-2H3/q+2. The van der Waals surface area contributed by atoms with Gasteiger partial charge in [-0.25, -0.2) is 13.8 Å². The summed E-state index contributed by atoms with van der Waals surface area (Å²) in [5, 5.41) is 8.70. The van der Waals surface area contributed by atoms with Gasteiger partial charge in [-0.3, -0.25) is 0 Å². The van der Waals surface area contributed by atoms with Crippen LogP contribution in [0.4, 0.5) is 0 Å². The quantitative estimate of drug-likeness (QED) is 0.279. The summed E-state index contributed by atoms with van der Waals surface area (Å²) < 4.78 is 9.66. The van der Waals surface area contributed by atoms with E-state index in [4.69, 9.17) is 4.63 Å². The molecule has 0 saturated carbocycles. The SMILES string of the molecule is Cc1c(C)c(-c2cc[n+](Cc3ccccc3)cc2)c2nonc2c1-c1cc[n+](Cc2ccccc2)cc1. The second-order valence-electron chi connectivity index (χ2n) is 9.45. The second-order valence-corrected chi connectivity index (χ2v) is 9.45. The number of aromatic nitrogens is 4. The Kier molecular flexibility index (Phi) is 6.03. The Labute approximate surface area is 216 Å². The predicted molar refractivity (Wildman–Crippen MR) is 144 cm³/mol. The Morgan fingerprint density at radius 1 is 0.541 bits per heavy atom. The molecule has 0 saturated heterocycles. The normalized spacial score (nSPS) is 11.2. The minimum absolute atomic E-state index is 0.792. The van der Waals surface area contributed by atoms with Crippen molar-refractivity contribution >= 4 is 11.0 Å². The van der Waals surface area contributed by atoms with Crippen LogP contribution in [-0.4, -0.2) is 10.3 Å². The smallest absolute Gasteiger partial charge is 0.173 e. The third-order valence-electron chi connectivity index (χ3n) is 7.05. The van der Waals surface area contributed by atoms with Crippen LogP contribution in [0.2, 0.25) is 0 Å². The Morgan fingerprint density at radius 2 is 0.919 bits per heavy atom. The van der Waals surface area contributed by atoms with Crippen molar-refractivity contribution in [2.75, 3.05) is 0 Å². The summed E-state index contributed by atoms with van der Waals surface area (Å²) in [5.74, 6) is 0. The molecule has 37 heavy (non-hydrogen) atoms. The molecule has 3 heterocycles. The molecule has 0 N–H and O–H groups in total. The number of nitrogens with zero attached hydrogens (tertiary/aromatic N) is 4. The maximum absolute atomic E-state index is 5.29. The molecule has 5 nitrogen and oxygen atoms in total. The van der Waals surface area contributed by atoms with Crippen LogP contribution in [0.1, 0.15) is 22.3 Å². The first-order chi connectivity index (χ1) is 18.2. The Hall–Kier alpha value is -4.64. The average molecular weight is 485 g/mol. The lowest BCUT2D eigenvalue weighted by atomic mass is 9.89. The van der Waals surface area contributed by atoms with E-state index in [1.165, 1.54) is 22.3 Å². The Balaban J connectivity index is 1.35. The zero-order valence-electron chi connectivity index (χ0n) is 21.0. The molecule has 180 valence electrons. The van der Waals surface area contributed by atoms with Crippen molar-refractivity contribution in [3.8, 4) is 22.3 Å². The molecule has 0 amide bonds. The number of rotatable bonds is 6. The van der Waals surface area contributed by atoms with Gasteiger partial charge in [0.25, 0.3) is 0 Å². The molecule has 0 unspecified atom stereocenters. The predicted octanol–water partition coefficient (Wildman–Crippen LogP) is 5.85. The van der Waals surface area contributed by atoms with Gasteiger partial charge in [-0.15, -0.1) is 0 Å². The average Bonchev–Trinajstić information content (AvgIpc) is 3.41. The second kappa shape index (κ2) is 9.78. The highest BCUT2D eigenvalue weighted by Crippen LogP contribution is 2.39. The summed E-state index contributed by atoms with van der Waals surface area (Å²) >= 11 is 0. The van der Waals surface area contributed by atoms with Crippen molar-refractivity contribution in [3.63, 3.8) is 0 Å². The highest BCUT2D eigenvalue weighted by molar-refractivity contribution is 6.03. The summed E-state index contributed by atoms with van der Waals surface area (Å²) in [6.45, 7) is 5.98. The van der Waals surface area contributed by atoms with E-state index in [1.54, 1.807) is 0 Å². The fourth-order valence-electron chi connectivity index (χ4n) is 5.00. The largest absolute Gasteiger partial charge is 0.243 e. The molecule has 0 aliphatic heterocycles. The summed E-state index contributed by atoms with van der Waals surface area (Å²) in [5.41, 5.74) is 10.8. The summed E-state index contributed by atoms with van der Waals surface area (Å²) in [4.78, 5) is 0. The highest BCUT2D eigenvalue weighted by atomic mass is 16.6. The molecule has 3 aromatic heterocycles. The van der Waals surface area contributed by atoms with E-state index in [9.17, 15) is 0 Å². The van der Waals surface area contributed by atoms with Crippen LogP contribution in [0.3, 0.4) is 0 Å². The van der Waals surface area contributed by atoms with Gasteiger partial charge in [-0.1, -0.05) is 60.7 Å². The van der Waals surface area contributed by atoms with E-state index in [2.05, 4.69) is 131 Å². The fraction of sp³-hybridized carbons (Fsp3) is 0.125. The number of hydrogen-bond acceptors (Lipinski definition) is 3. The van der Waals surface area contributed by atoms with E-state index in [-0.39, 0.29) is 0 Å². The van der Waals surface area contributed by atoms with E-state index in [0.717, 1.165) is 46.4 Å². The minimum atomic E-state index is 0.792. The van der Waals surface area contributed by atoms with Gasteiger partial charge < -0.3 is 0 Å². The first-order valence-electron chi connectivity index (χ1n) is 12.5. The van der Waals surface area contributed by atoms with Crippen molar-refractivity contribution in [1.82, 2.24) is 10.3 Å². The zero-order valence-corrected chi connectivity index (χ0v) is 21.0. The molecule has 0 spiro atoms. The monoisotopic (exact) mass is 484 g/mol. The molecule has 0 atom stereocenters. The lowest BCUT2D eigenvalue weighted by Crippen LogP contribution is -2.33. The first kappa shape index (κ1) is 22.8. The molecule has 0 aliphatic carbocycles. The van der Waals surface area contributed by atoms with Gasteiger partial charge >= 0.3 is 0 Å². The van der Waals surface area contributed by atoms with Crippen molar-refractivity contribution in [1.29, 1.82) is 0 Å². The van der Waals surface area contributed by atoms with Gasteiger partial charge in [-0.05, 0) is 46.4 Å². The number of hydrogen-bond donors (Lipinski definition) is 0. The van der Waals surface area contributed by atoms with Gasteiger partial charge in [0.1, 0.15) is 11.0 Å². The molecule has 5 heteroatoms. The molecule has 0 radical (unpaired) electrons. The Bertz CT molecular complexity index is 1530. The third kappa shape index (κ3) is 4.52. The van der Waals surface area contributed by atoms with Crippen LogP contribution in [-0.2, 0) is 13.1 Å². The van der Waals surface area contributed by atoms with Gasteiger partial charge in [0.05, 0.1) is 0 Å². The van der Waals surface area contributed by atoms with Gasteiger partial charge in [0.2, 0.25) is 0 Å². The maximum atomic E-state index is 5.29. The number of pyridine rings is 2. The summed E-state index contributed by atoms with van der Waals surface area (Å²) in [7, 11) is 0. The van der Waals surface area contributed by atoms with E-state index in [0.29, 0.717) is 0 Å². The molecular formula is C32H28N4O+2. The summed E-state index contributed by atoms with van der Waals surface area (Å²) in [6.07, 6.45) is 8.47. The van der Waals surface area contributed by atoms with Gasteiger partial charge in [-0.2, -0.15) is 0 Å². The summed E-state index contributed by atoms with van der Waals surface area (Å²) in [6, 6.07) is 29.5. The van der Waals surface area contributed by atoms with Gasteiger partial charge in [0, 0.05) is 46.5 Å². The van der Waals surface area contributed by atoms with Crippen molar-refractivity contribution in [3.05, 3.63) is 132 Å². The molecule has 6 rings (SSSR count). The molecule has 6 aromatic rings. The van der Waals surface area contributed by atoms with E-state index >= 15 is 0 Å². The van der Waals surface area contributed by atoms with Gasteiger partial charge in [0.15, 0.2) is 37.9 Å². The lowest BCUT2D eigenvalue weighted by molar-refractivity contribution is -0.688. The molecule has 0 bridgehead atoms. The maximum Gasteiger partial charge on any atom is 0.173 e. The number of benzene rings is 3. The minimum Gasteiger partial charge on any atom is -0.243 e. The first-order valence-corrected chi connectivity index (χ1v) is 12.5. The highest BCUT2D eigenvalue weighted by Gasteiger charge is 2.22. The third-order valence-corrected chi connectivity index (χ3v) is 7.05. The molecule has 3 aromatic carbocycles. The van der Waals surface area contributed by atoms with Crippen molar-refractivity contribution < 1.29 is 13.8 Å². The van der Waals surface area contributed by atoms with Crippen LogP contribution >= 0.6 is 0 Å². The molecule has 0 aliphatic rings. The van der Waals surface area contributed by atoms with E-state index in [1.807, 2.05) is 12.1 Å². The zero-order chi connectivity index (χ0) is 25.2. The molecular weight excluding hydrogens is 456 g/mol. The van der Waals surface area contributed by atoms with Crippen LogP contribution in [0, 0.1) is 13.8 Å². The fourth-order valence-corrected chi connectivity index (χ4v) is 5.00. The lowest BCUT2D eigenvalue weighted by Gasteiger charge is -2.14. The van der Waals surface area contributed by atoms with Crippen LogP contribution < -0.4 is 9.13 Å². The van der Waals surface area contributed by atoms with E-state index < -0.39 is 0 Å². The van der Waals surface area contributed by atoms with Crippen LogP contribution in [0.15, 0.2) is 114 Å².